The molecule has 1 saturated heterocycles. The lowest BCUT2D eigenvalue weighted by molar-refractivity contribution is -0.0788. The van der Waals surface area contributed by atoms with Gasteiger partial charge in [0.15, 0.2) is 0 Å². The molecule has 1 fully saturated rings. The highest BCUT2D eigenvalue weighted by Gasteiger charge is 2.32. The third-order valence-electron chi connectivity index (χ3n) is 3.35. The minimum atomic E-state index is -0.0877. The van der Waals surface area contributed by atoms with Crippen molar-refractivity contribution in [3.8, 4) is 0 Å². The molecular formula is C15H23NO2. The van der Waals surface area contributed by atoms with Gasteiger partial charge in [-0.2, -0.15) is 0 Å². The molecule has 0 bridgehead atoms. The first-order valence-electron chi connectivity index (χ1n) is 6.64. The molecule has 2 rings (SSSR count). The average Bonchev–Trinajstić information content (AvgIpc) is 2.39. The van der Waals surface area contributed by atoms with Gasteiger partial charge in [-0.25, -0.2) is 0 Å². The molecule has 1 aliphatic heterocycles. The van der Waals surface area contributed by atoms with Crippen LogP contribution in [0, 0.1) is 0 Å². The van der Waals surface area contributed by atoms with Gasteiger partial charge in [-0.15, -0.1) is 0 Å². The molecule has 2 atom stereocenters. The van der Waals surface area contributed by atoms with Crippen molar-refractivity contribution in [1.82, 2.24) is 5.32 Å². The van der Waals surface area contributed by atoms with Crippen molar-refractivity contribution in [2.45, 2.75) is 38.5 Å². The van der Waals surface area contributed by atoms with Crippen molar-refractivity contribution in [3.63, 3.8) is 0 Å². The minimum Gasteiger partial charge on any atom is -0.376 e. The van der Waals surface area contributed by atoms with E-state index >= 15 is 0 Å². The highest BCUT2D eigenvalue weighted by Crippen LogP contribution is 2.24. The highest BCUT2D eigenvalue weighted by atomic mass is 16.5. The Morgan fingerprint density at radius 3 is 2.67 bits per heavy atom. The Balaban J connectivity index is 1.89. The van der Waals surface area contributed by atoms with E-state index in [1.807, 2.05) is 19.9 Å². The Hall–Kier alpha value is -0.900. The molecule has 0 radical (unpaired) electrons. The summed E-state index contributed by atoms with van der Waals surface area (Å²) >= 11 is 0. The standard InChI is InChI=1S/C15H23NO2/c1-12(2)17-10-14-9-16-15(3,11-18-14)13-7-5-4-6-8-13/h4-8,12,14,16H,9-11H2,1-3H3. The van der Waals surface area contributed by atoms with E-state index < -0.39 is 0 Å². The number of morpholine rings is 1. The predicted molar refractivity (Wildman–Crippen MR) is 72.6 cm³/mol. The van der Waals surface area contributed by atoms with Crippen molar-refractivity contribution >= 4 is 0 Å². The number of benzene rings is 1. The van der Waals surface area contributed by atoms with Crippen LogP contribution in [0.25, 0.3) is 0 Å². The molecule has 1 aromatic carbocycles. The van der Waals surface area contributed by atoms with Gasteiger partial charge < -0.3 is 14.8 Å². The minimum absolute atomic E-state index is 0.0877. The monoisotopic (exact) mass is 249 g/mol. The summed E-state index contributed by atoms with van der Waals surface area (Å²) < 4.78 is 11.5. The van der Waals surface area contributed by atoms with Gasteiger partial charge in [0, 0.05) is 6.54 Å². The Bertz CT molecular complexity index is 356. The molecule has 1 heterocycles. The molecule has 0 aromatic heterocycles. The molecule has 2 unspecified atom stereocenters. The summed E-state index contributed by atoms with van der Waals surface area (Å²) in [6.07, 6.45) is 0.417. The Morgan fingerprint density at radius 2 is 2.11 bits per heavy atom. The predicted octanol–water partition coefficient (Wildman–Crippen LogP) is 2.32. The summed E-state index contributed by atoms with van der Waals surface area (Å²) in [6.45, 7) is 8.45. The fourth-order valence-electron chi connectivity index (χ4n) is 2.13. The second-order valence-corrected chi connectivity index (χ2v) is 5.39. The van der Waals surface area contributed by atoms with E-state index in [1.54, 1.807) is 0 Å². The fourth-order valence-corrected chi connectivity index (χ4v) is 2.13. The summed E-state index contributed by atoms with van der Waals surface area (Å²) in [4.78, 5) is 0. The summed E-state index contributed by atoms with van der Waals surface area (Å²) in [5.41, 5.74) is 1.18. The summed E-state index contributed by atoms with van der Waals surface area (Å²) in [6, 6.07) is 10.4. The topological polar surface area (TPSA) is 30.5 Å². The van der Waals surface area contributed by atoms with Crippen LogP contribution in [0.1, 0.15) is 26.3 Å². The quantitative estimate of drug-likeness (QED) is 0.888. The SMILES string of the molecule is CC(C)OCC1CNC(C)(c2ccccc2)CO1. The first-order chi connectivity index (χ1) is 8.60. The number of hydrogen-bond acceptors (Lipinski definition) is 3. The lowest BCUT2D eigenvalue weighted by atomic mass is 9.91. The van der Waals surface area contributed by atoms with Crippen LogP contribution in [0.3, 0.4) is 0 Å². The van der Waals surface area contributed by atoms with Crippen LogP contribution in [0.4, 0.5) is 0 Å². The molecule has 0 aliphatic carbocycles. The van der Waals surface area contributed by atoms with Gasteiger partial charge in [-0.3, -0.25) is 0 Å². The van der Waals surface area contributed by atoms with E-state index in [-0.39, 0.29) is 17.7 Å². The summed E-state index contributed by atoms with van der Waals surface area (Å²) in [7, 11) is 0. The average molecular weight is 249 g/mol. The Kier molecular flexibility index (Phi) is 4.38. The van der Waals surface area contributed by atoms with E-state index in [2.05, 4.69) is 36.5 Å². The Morgan fingerprint density at radius 1 is 1.39 bits per heavy atom. The lowest BCUT2D eigenvalue weighted by Crippen LogP contribution is -2.54. The van der Waals surface area contributed by atoms with E-state index in [0.29, 0.717) is 13.2 Å². The molecule has 1 aliphatic rings. The van der Waals surface area contributed by atoms with Crippen molar-refractivity contribution < 1.29 is 9.47 Å². The van der Waals surface area contributed by atoms with Crippen molar-refractivity contribution in [1.29, 1.82) is 0 Å². The van der Waals surface area contributed by atoms with Gasteiger partial charge in [-0.05, 0) is 26.3 Å². The fraction of sp³-hybridized carbons (Fsp3) is 0.600. The smallest absolute Gasteiger partial charge is 0.0933 e. The maximum Gasteiger partial charge on any atom is 0.0933 e. The van der Waals surface area contributed by atoms with Gasteiger partial charge in [0.05, 0.1) is 31.0 Å². The molecular weight excluding hydrogens is 226 g/mol. The second-order valence-electron chi connectivity index (χ2n) is 5.39. The number of hydrogen-bond donors (Lipinski definition) is 1. The largest absolute Gasteiger partial charge is 0.376 e. The molecule has 100 valence electrons. The number of nitrogens with one attached hydrogen (secondary N) is 1. The van der Waals surface area contributed by atoms with Gasteiger partial charge in [0.25, 0.3) is 0 Å². The van der Waals surface area contributed by atoms with Crippen LogP contribution in [0.2, 0.25) is 0 Å². The maximum absolute atomic E-state index is 5.91. The summed E-state index contributed by atoms with van der Waals surface area (Å²) in [5, 5.41) is 3.58. The van der Waals surface area contributed by atoms with Crippen molar-refractivity contribution in [2.75, 3.05) is 19.8 Å². The van der Waals surface area contributed by atoms with Crippen molar-refractivity contribution in [2.24, 2.45) is 0 Å². The third-order valence-corrected chi connectivity index (χ3v) is 3.35. The van der Waals surface area contributed by atoms with Crippen LogP contribution in [-0.4, -0.2) is 32.0 Å². The number of rotatable bonds is 4. The third kappa shape index (κ3) is 3.31. The molecule has 0 spiro atoms. The van der Waals surface area contributed by atoms with E-state index in [0.717, 1.165) is 6.54 Å². The maximum atomic E-state index is 5.91. The molecule has 3 heteroatoms. The second kappa shape index (κ2) is 5.83. The molecule has 0 saturated carbocycles. The van der Waals surface area contributed by atoms with Gasteiger partial charge in [0.1, 0.15) is 0 Å². The van der Waals surface area contributed by atoms with E-state index in [1.165, 1.54) is 5.56 Å². The van der Waals surface area contributed by atoms with Crippen LogP contribution in [0.15, 0.2) is 30.3 Å². The molecule has 3 nitrogen and oxygen atoms in total. The highest BCUT2D eigenvalue weighted by molar-refractivity contribution is 5.24. The Labute approximate surface area is 109 Å². The van der Waals surface area contributed by atoms with E-state index in [9.17, 15) is 0 Å². The first-order valence-corrected chi connectivity index (χ1v) is 6.64. The van der Waals surface area contributed by atoms with Gasteiger partial charge in [-0.1, -0.05) is 30.3 Å². The van der Waals surface area contributed by atoms with Gasteiger partial charge >= 0.3 is 0 Å². The van der Waals surface area contributed by atoms with E-state index in [4.69, 9.17) is 9.47 Å². The summed E-state index contributed by atoms with van der Waals surface area (Å²) in [5.74, 6) is 0. The molecule has 0 amide bonds. The zero-order chi connectivity index (χ0) is 13.0. The normalized spacial score (nSPS) is 28.6. The zero-order valence-corrected chi connectivity index (χ0v) is 11.5. The van der Waals surface area contributed by atoms with Crippen LogP contribution < -0.4 is 5.32 Å². The lowest BCUT2D eigenvalue weighted by Gasteiger charge is -2.39. The number of ether oxygens (including phenoxy) is 2. The van der Waals surface area contributed by atoms with Crippen molar-refractivity contribution in [3.05, 3.63) is 35.9 Å². The van der Waals surface area contributed by atoms with Gasteiger partial charge in [0.2, 0.25) is 0 Å². The molecule has 1 aromatic rings. The van der Waals surface area contributed by atoms with Crippen LogP contribution in [0.5, 0.6) is 0 Å². The zero-order valence-electron chi connectivity index (χ0n) is 11.5. The van der Waals surface area contributed by atoms with Crippen LogP contribution >= 0.6 is 0 Å². The molecule has 1 N–H and O–H groups in total. The first kappa shape index (κ1) is 13.5. The van der Waals surface area contributed by atoms with Crippen LogP contribution in [-0.2, 0) is 15.0 Å². The molecule has 18 heavy (non-hydrogen) atoms.